The molecular weight excluding hydrogens is 298 g/mol. The minimum absolute atomic E-state index is 0.0232. The number of carboxylic acids is 1. The Labute approximate surface area is 120 Å². The third-order valence-corrected chi connectivity index (χ3v) is 5.88. The van der Waals surface area contributed by atoms with Crippen LogP contribution in [-0.4, -0.2) is 35.7 Å². The lowest BCUT2D eigenvalue weighted by Gasteiger charge is -2.48. The number of sulfone groups is 1. The van der Waals surface area contributed by atoms with Crippen LogP contribution in [0.3, 0.4) is 0 Å². The van der Waals surface area contributed by atoms with Gasteiger partial charge in [0.2, 0.25) is 15.7 Å². The van der Waals surface area contributed by atoms with Gasteiger partial charge in [-0.1, -0.05) is 6.58 Å². The zero-order valence-electron chi connectivity index (χ0n) is 10.9. The van der Waals surface area contributed by atoms with Gasteiger partial charge in [0.1, 0.15) is 17.4 Å². The molecule has 1 aromatic heterocycles. The summed E-state index contributed by atoms with van der Waals surface area (Å²) >= 11 is 0. The van der Waals surface area contributed by atoms with Gasteiger partial charge >= 0.3 is 5.97 Å². The van der Waals surface area contributed by atoms with Gasteiger partial charge in [0.05, 0.1) is 11.2 Å². The summed E-state index contributed by atoms with van der Waals surface area (Å²) in [6.07, 6.45) is 1.33. The van der Waals surface area contributed by atoms with Gasteiger partial charge in [-0.15, -0.1) is 0 Å². The van der Waals surface area contributed by atoms with E-state index in [4.69, 9.17) is 4.42 Å². The molecule has 0 spiro atoms. The van der Waals surface area contributed by atoms with Crippen molar-refractivity contribution in [2.75, 3.05) is 0 Å². The molecule has 3 heterocycles. The Morgan fingerprint density at radius 2 is 2.14 bits per heavy atom. The largest absolute Gasteiger partial charge is 0.477 e. The average Bonchev–Trinajstić information content (AvgIpc) is 2.91. The molecule has 2 aliphatic rings. The highest BCUT2D eigenvalue weighted by Gasteiger charge is 2.62. The first-order valence-corrected chi connectivity index (χ1v) is 7.57. The van der Waals surface area contributed by atoms with E-state index in [0.717, 1.165) is 4.90 Å². The number of amides is 1. The van der Waals surface area contributed by atoms with Crippen molar-refractivity contribution in [2.24, 2.45) is 0 Å². The second kappa shape index (κ2) is 4.08. The van der Waals surface area contributed by atoms with E-state index >= 15 is 0 Å². The minimum Gasteiger partial charge on any atom is -0.477 e. The van der Waals surface area contributed by atoms with Gasteiger partial charge in [-0.25, -0.2) is 13.2 Å². The second-order valence-corrected chi connectivity index (χ2v) is 6.90. The van der Waals surface area contributed by atoms with Gasteiger partial charge in [-0.05, 0) is 24.6 Å². The van der Waals surface area contributed by atoms with Crippen molar-refractivity contribution in [2.45, 2.75) is 18.2 Å². The fourth-order valence-electron chi connectivity index (χ4n) is 2.69. The zero-order chi connectivity index (χ0) is 15.5. The van der Waals surface area contributed by atoms with Crippen LogP contribution in [0.5, 0.6) is 0 Å². The molecule has 3 rings (SSSR count). The number of nitrogens with zero attached hydrogens (tertiary/aromatic N) is 1. The molecule has 110 valence electrons. The summed E-state index contributed by atoms with van der Waals surface area (Å²) in [5, 5.41) is 7.94. The molecule has 21 heavy (non-hydrogen) atoms. The maximum Gasteiger partial charge on any atom is 0.352 e. The Kier molecular flexibility index (Phi) is 2.64. The minimum atomic E-state index is -3.90. The third kappa shape index (κ3) is 1.56. The lowest BCUT2D eigenvalue weighted by atomic mass is 9.93. The Hall–Kier alpha value is -2.35. The smallest absolute Gasteiger partial charge is 0.352 e. The van der Waals surface area contributed by atoms with Crippen molar-refractivity contribution in [3.63, 3.8) is 0 Å². The van der Waals surface area contributed by atoms with Gasteiger partial charge in [0.25, 0.3) is 0 Å². The van der Waals surface area contributed by atoms with E-state index in [0.29, 0.717) is 0 Å². The monoisotopic (exact) mass is 309 g/mol. The van der Waals surface area contributed by atoms with Gasteiger partial charge in [0.15, 0.2) is 5.37 Å². The van der Waals surface area contributed by atoms with E-state index in [9.17, 15) is 23.1 Å². The molecule has 0 bridgehead atoms. The van der Waals surface area contributed by atoms with E-state index in [1.54, 1.807) is 0 Å². The molecule has 0 aliphatic carbocycles. The predicted octanol–water partition coefficient (Wildman–Crippen LogP) is 0.832. The molecular formula is C13H11NO6S. The number of hydrogen-bond acceptors (Lipinski definition) is 5. The van der Waals surface area contributed by atoms with Gasteiger partial charge in [0, 0.05) is 0 Å². The summed E-state index contributed by atoms with van der Waals surface area (Å²) in [5.74, 6) is -2.81. The van der Waals surface area contributed by atoms with Crippen LogP contribution in [0, 0.1) is 0 Å². The number of furan rings is 1. The van der Waals surface area contributed by atoms with E-state index in [-0.39, 0.29) is 21.9 Å². The molecule has 1 unspecified atom stereocenters. The molecule has 8 heteroatoms. The number of carboxylic acid groups (broad SMARTS) is 1. The van der Waals surface area contributed by atoms with Crippen LogP contribution in [0.1, 0.15) is 18.6 Å². The summed E-state index contributed by atoms with van der Waals surface area (Å²) in [4.78, 5) is 24.1. The molecule has 2 atom stereocenters. The lowest BCUT2D eigenvalue weighted by molar-refractivity contribution is -0.149. The molecule has 0 radical (unpaired) electrons. The topological polar surface area (TPSA) is 105 Å². The molecule has 2 aliphatic heterocycles. The highest BCUT2D eigenvalue weighted by molar-refractivity contribution is 7.96. The molecule has 1 amide bonds. The van der Waals surface area contributed by atoms with Crippen LogP contribution >= 0.6 is 0 Å². The van der Waals surface area contributed by atoms with Crippen LogP contribution in [-0.2, 0) is 19.4 Å². The number of aliphatic carboxylic acids is 1. The van der Waals surface area contributed by atoms with Crippen LogP contribution in [0.15, 0.2) is 45.6 Å². The van der Waals surface area contributed by atoms with Crippen LogP contribution in [0.4, 0.5) is 0 Å². The van der Waals surface area contributed by atoms with Crippen molar-refractivity contribution in [1.29, 1.82) is 0 Å². The second-order valence-electron chi connectivity index (χ2n) is 4.84. The number of β-lactam (4-membered cyclic amide) rings is 1. The van der Waals surface area contributed by atoms with Crippen LogP contribution in [0.25, 0.3) is 0 Å². The maximum absolute atomic E-state index is 12.4. The van der Waals surface area contributed by atoms with Crippen molar-refractivity contribution < 1.29 is 27.5 Å². The van der Waals surface area contributed by atoms with E-state index in [1.165, 1.54) is 25.3 Å². The first-order valence-electron chi connectivity index (χ1n) is 6.02. The van der Waals surface area contributed by atoms with E-state index in [1.807, 2.05) is 0 Å². The quantitative estimate of drug-likeness (QED) is 0.811. The number of carbonyl (C=O) groups is 2. The zero-order valence-corrected chi connectivity index (χ0v) is 11.8. The fourth-order valence-corrected chi connectivity index (χ4v) is 4.60. The first-order chi connectivity index (χ1) is 9.78. The van der Waals surface area contributed by atoms with Crippen molar-refractivity contribution >= 4 is 21.7 Å². The van der Waals surface area contributed by atoms with E-state index < -0.39 is 33.0 Å². The van der Waals surface area contributed by atoms with Crippen LogP contribution in [0.2, 0.25) is 0 Å². The van der Waals surface area contributed by atoms with Gasteiger partial charge in [-0.2, -0.15) is 0 Å². The summed E-state index contributed by atoms with van der Waals surface area (Å²) in [6, 6.07) is 3.03. The maximum atomic E-state index is 12.4. The Bertz CT molecular complexity index is 802. The molecule has 7 nitrogen and oxygen atoms in total. The lowest BCUT2D eigenvalue weighted by Crippen LogP contribution is -2.64. The summed E-state index contributed by atoms with van der Waals surface area (Å²) in [5.41, 5.74) is -0.363. The molecule has 1 N–H and O–H groups in total. The normalized spacial score (nSPS) is 27.4. The molecule has 1 saturated heterocycles. The number of hydrogen-bond donors (Lipinski definition) is 1. The van der Waals surface area contributed by atoms with Gasteiger partial charge < -0.3 is 9.52 Å². The van der Waals surface area contributed by atoms with Gasteiger partial charge in [-0.3, -0.25) is 9.69 Å². The number of fused-ring (bicyclic) bond motifs is 1. The molecule has 0 saturated carbocycles. The third-order valence-electron chi connectivity index (χ3n) is 3.77. The summed E-state index contributed by atoms with van der Waals surface area (Å²) in [6.45, 7) is 4.79. The van der Waals surface area contributed by atoms with Crippen molar-refractivity contribution in [3.8, 4) is 0 Å². The number of rotatable bonds is 2. The van der Waals surface area contributed by atoms with Crippen molar-refractivity contribution in [3.05, 3.63) is 46.9 Å². The molecule has 1 aromatic rings. The SMILES string of the molecule is C=C1C(C)=C(C(=O)O)N2C(=O)C(c3ccco3)[C@H]2S1(=O)=O. The number of allylic oxidation sites excluding steroid dienone is 1. The summed E-state index contributed by atoms with van der Waals surface area (Å²) in [7, 11) is -3.90. The highest BCUT2D eigenvalue weighted by Crippen LogP contribution is 2.48. The van der Waals surface area contributed by atoms with Crippen molar-refractivity contribution in [1.82, 2.24) is 4.90 Å². The highest BCUT2D eigenvalue weighted by atomic mass is 32.2. The predicted molar refractivity (Wildman–Crippen MR) is 70.5 cm³/mol. The summed E-state index contributed by atoms with van der Waals surface area (Å²) < 4.78 is 30.0. The molecule has 0 aromatic carbocycles. The standard InChI is InChI=1S/C13H11NO6S/c1-6-7(2)21(18,19)12-9(8-4-3-5-20-8)11(15)14(12)10(6)13(16)17/h3-5,9,12H,2H2,1H3,(H,16,17)/t9?,12-/m1/s1. The van der Waals surface area contributed by atoms with E-state index in [2.05, 4.69) is 6.58 Å². The fraction of sp³-hybridized carbons (Fsp3) is 0.231. The Morgan fingerprint density at radius 3 is 2.67 bits per heavy atom. The Morgan fingerprint density at radius 1 is 1.48 bits per heavy atom. The molecule has 1 fully saturated rings. The average molecular weight is 309 g/mol. The Balaban J connectivity index is 2.20. The van der Waals surface area contributed by atoms with Crippen LogP contribution < -0.4 is 0 Å². The number of carbonyl (C=O) groups excluding carboxylic acids is 1. The first kappa shape index (κ1) is 13.6.